The van der Waals surface area contributed by atoms with Crippen molar-refractivity contribution in [3.63, 3.8) is 0 Å². The Morgan fingerprint density at radius 1 is 1.14 bits per heavy atom. The van der Waals surface area contributed by atoms with E-state index in [2.05, 4.69) is 29.1 Å². The van der Waals surface area contributed by atoms with Gasteiger partial charge in [-0.25, -0.2) is 0 Å². The quantitative estimate of drug-likeness (QED) is 0.277. The second kappa shape index (κ2) is 12.3. The number of aliphatic hydroxyl groups excluding tert-OH is 1. The van der Waals surface area contributed by atoms with Crippen LogP contribution in [0.4, 0.5) is 5.69 Å². The smallest absolute Gasteiger partial charge is 0.253 e. The predicted molar refractivity (Wildman–Crippen MR) is 167 cm³/mol. The highest BCUT2D eigenvalue weighted by Gasteiger charge is 2.77. The van der Waals surface area contributed by atoms with Crippen molar-refractivity contribution < 1.29 is 24.2 Å². The van der Waals surface area contributed by atoms with Crippen molar-refractivity contribution in [1.29, 1.82) is 0 Å². The number of carbonyl (C=O) groups excluding carboxylic acids is 3. The van der Waals surface area contributed by atoms with Gasteiger partial charge < -0.3 is 24.5 Å². The summed E-state index contributed by atoms with van der Waals surface area (Å²) in [5, 5.41) is 12.4. The minimum absolute atomic E-state index is 0.159. The Bertz CT molecular complexity index is 1380. The molecule has 0 aromatic heterocycles. The summed E-state index contributed by atoms with van der Waals surface area (Å²) in [7, 11) is 0. The Balaban J connectivity index is 1.61. The van der Waals surface area contributed by atoms with Crippen LogP contribution in [-0.2, 0) is 19.1 Å². The molecule has 1 spiro atoms. The monoisotopic (exact) mass is 637 g/mol. The number of anilines is 1. The molecule has 2 aromatic carbocycles. The molecule has 0 aliphatic carbocycles. The number of hydrogen-bond acceptors (Lipinski definition) is 5. The van der Waals surface area contributed by atoms with E-state index < -0.39 is 35.6 Å². The van der Waals surface area contributed by atoms with Crippen LogP contribution >= 0.6 is 15.9 Å². The third-order valence-corrected chi connectivity index (χ3v) is 9.94. The van der Waals surface area contributed by atoms with Gasteiger partial charge in [-0.2, -0.15) is 0 Å². The minimum Gasteiger partial charge on any atom is -0.394 e. The van der Waals surface area contributed by atoms with E-state index in [4.69, 9.17) is 4.74 Å². The third kappa shape index (κ3) is 4.79. The van der Waals surface area contributed by atoms with Gasteiger partial charge in [-0.15, -0.1) is 13.2 Å². The normalized spacial score (nSPS) is 28.5. The maximum Gasteiger partial charge on any atom is 0.253 e. The fourth-order valence-corrected chi connectivity index (χ4v) is 8.25. The lowest BCUT2D eigenvalue weighted by molar-refractivity contribution is -0.147. The molecule has 3 heterocycles. The van der Waals surface area contributed by atoms with Crippen LogP contribution in [0.15, 0.2) is 67.8 Å². The fraction of sp³-hybridized carbons (Fsp3) is 0.485. The van der Waals surface area contributed by atoms with Gasteiger partial charge in [-0.1, -0.05) is 72.3 Å². The first-order valence-electron chi connectivity index (χ1n) is 14.8. The Kier molecular flexibility index (Phi) is 8.92. The van der Waals surface area contributed by atoms with E-state index in [0.717, 1.165) is 17.2 Å². The molecule has 42 heavy (non-hydrogen) atoms. The maximum absolute atomic E-state index is 14.8. The number of hydrogen-bond donors (Lipinski definition) is 1. The largest absolute Gasteiger partial charge is 0.394 e. The molecule has 3 unspecified atom stereocenters. The van der Waals surface area contributed by atoms with Crippen LogP contribution in [0.5, 0.6) is 0 Å². The number of carbonyl (C=O) groups is 3. The van der Waals surface area contributed by atoms with Crippen LogP contribution in [0.2, 0.25) is 0 Å². The van der Waals surface area contributed by atoms with E-state index >= 15 is 0 Å². The second-order valence-electron chi connectivity index (χ2n) is 11.5. The molecule has 0 saturated carbocycles. The van der Waals surface area contributed by atoms with Crippen molar-refractivity contribution in [3.8, 4) is 0 Å². The zero-order valence-corrected chi connectivity index (χ0v) is 25.9. The summed E-state index contributed by atoms with van der Waals surface area (Å²) in [6, 6.07) is 12.1. The summed E-state index contributed by atoms with van der Waals surface area (Å²) in [6.07, 6.45) is 4.42. The summed E-state index contributed by atoms with van der Waals surface area (Å²) in [6.45, 7) is 12.4. The second-order valence-corrected chi connectivity index (χ2v) is 12.7. The van der Waals surface area contributed by atoms with Gasteiger partial charge in [0.05, 0.1) is 30.6 Å². The van der Waals surface area contributed by atoms with Crippen LogP contribution in [0.1, 0.15) is 33.1 Å². The standard InChI is InChI=1S/C33H40BrN3O5/c1-5-15-35(16-6-2)30(39)26-27-31(40)37(23(8-4)20-38)29(33(27)19-25(34)28(26)42-33)32(41)36(17-7-3)24-14-13-21-11-9-10-12-22(21)18-24/h5,7,9-14,18,23,25-29,38H,1,3,6,8,15-17,19-20H2,2,4H3/t23-,25?,26+,27-,28+,29?,33?/m0/s1. The summed E-state index contributed by atoms with van der Waals surface area (Å²) < 4.78 is 6.71. The minimum atomic E-state index is -1.21. The molecule has 3 saturated heterocycles. The molecule has 2 bridgehead atoms. The molecule has 3 amide bonds. The fourth-order valence-electron chi connectivity index (χ4n) is 7.31. The Morgan fingerprint density at radius 2 is 1.86 bits per heavy atom. The molecule has 3 fully saturated rings. The predicted octanol–water partition coefficient (Wildman–Crippen LogP) is 4.30. The first-order valence-corrected chi connectivity index (χ1v) is 15.7. The Morgan fingerprint density at radius 3 is 2.50 bits per heavy atom. The molecule has 7 atom stereocenters. The van der Waals surface area contributed by atoms with Gasteiger partial charge >= 0.3 is 0 Å². The Labute approximate surface area is 256 Å². The van der Waals surface area contributed by atoms with Crippen molar-refractivity contribution >= 4 is 50.1 Å². The topological polar surface area (TPSA) is 90.4 Å². The van der Waals surface area contributed by atoms with E-state index in [1.165, 1.54) is 4.90 Å². The molecule has 3 aliphatic heterocycles. The number of likely N-dealkylation sites (tertiary alicyclic amines) is 1. The van der Waals surface area contributed by atoms with Crippen molar-refractivity contribution in [2.75, 3.05) is 31.1 Å². The average molecular weight is 639 g/mol. The zero-order chi connectivity index (χ0) is 30.2. The molecule has 1 N–H and O–H groups in total. The number of alkyl halides is 1. The van der Waals surface area contributed by atoms with Gasteiger partial charge in [0.15, 0.2) is 0 Å². The van der Waals surface area contributed by atoms with E-state index in [9.17, 15) is 19.5 Å². The SMILES string of the molecule is C=CCN(CCC)C(=O)[C@H]1[C@@H]2OC3(CC2Br)C(C(=O)N(CC=C)c2ccc4ccccc4c2)N([C@@H](CC)CO)C(=O)[C@H]13. The van der Waals surface area contributed by atoms with Crippen LogP contribution in [0.25, 0.3) is 10.8 Å². The van der Waals surface area contributed by atoms with Crippen LogP contribution in [-0.4, -0.2) is 87.5 Å². The molecule has 9 heteroatoms. The zero-order valence-electron chi connectivity index (χ0n) is 24.3. The first-order chi connectivity index (χ1) is 20.3. The molecule has 0 radical (unpaired) electrons. The number of aliphatic hydroxyl groups is 1. The number of amides is 3. The molecule has 3 aliphatic rings. The van der Waals surface area contributed by atoms with E-state index in [-0.39, 0.29) is 35.7 Å². The average Bonchev–Trinajstić information content (AvgIpc) is 3.59. The lowest BCUT2D eigenvalue weighted by Gasteiger charge is -2.39. The number of halogens is 1. The third-order valence-electron chi connectivity index (χ3n) is 9.10. The summed E-state index contributed by atoms with van der Waals surface area (Å²) >= 11 is 3.75. The maximum atomic E-state index is 14.8. The lowest BCUT2D eigenvalue weighted by Crippen LogP contribution is -2.59. The van der Waals surface area contributed by atoms with Gasteiger partial charge in [-0.3, -0.25) is 14.4 Å². The van der Waals surface area contributed by atoms with Crippen LogP contribution < -0.4 is 4.90 Å². The highest BCUT2D eigenvalue weighted by molar-refractivity contribution is 9.09. The van der Waals surface area contributed by atoms with Crippen LogP contribution in [0, 0.1) is 11.8 Å². The highest BCUT2D eigenvalue weighted by atomic mass is 79.9. The number of nitrogens with zero attached hydrogens (tertiary/aromatic N) is 3. The number of ether oxygens (including phenoxy) is 1. The summed E-state index contributed by atoms with van der Waals surface area (Å²) in [5.74, 6) is -2.34. The summed E-state index contributed by atoms with van der Waals surface area (Å²) in [4.78, 5) is 48.0. The van der Waals surface area contributed by atoms with Crippen LogP contribution in [0.3, 0.4) is 0 Å². The van der Waals surface area contributed by atoms with E-state index in [0.29, 0.717) is 31.6 Å². The summed E-state index contributed by atoms with van der Waals surface area (Å²) in [5.41, 5.74) is -0.531. The lowest BCUT2D eigenvalue weighted by atomic mass is 9.70. The Hall–Kier alpha value is -3.01. The molecule has 224 valence electrons. The van der Waals surface area contributed by atoms with Crippen molar-refractivity contribution in [2.24, 2.45) is 11.8 Å². The highest BCUT2D eigenvalue weighted by Crippen LogP contribution is 2.61. The molecule has 5 rings (SSSR count). The van der Waals surface area contributed by atoms with Gasteiger partial charge in [-0.05, 0) is 42.2 Å². The van der Waals surface area contributed by atoms with Gasteiger partial charge in [0.25, 0.3) is 5.91 Å². The number of benzene rings is 2. The van der Waals surface area contributed by atoms with Gasteiger partial charge in [0, 0.05) is 30.1 Å². The van der Waals surface area contributed by atoms with Crippen molar-refractivity contribution in [2.45, 2.75) is 61.7 Å². The molecule has 8 nitrogen and oxygen atoms in total. The molecule has 2 aromatic rings. The van der Waals surface area contributed by atoms with E-state index in [1.807, 2.05) is 56.3 Å². The molecular weight excluding hydrogens is 598 g/mol. The van der Waals surface area contributed by atoms with Gasteiger partial charge in [0.2, 0.25) is 11.8 Å². The number of rotatable bonds is 12. The van der Waals surface area contributed by atoms with E-state index in [1.54, 1.807) is 22.0 Å². The van der Waals surface area contributed by atoms with Gasteiger partial charge in [0.1, 0.15) is 11.6 Å². The first kappa shape index (κ1) is 30.4. The van der Waals surface area contributed by atoms with Crippen molar-refractivity contribution in [1.82, 2.24) is 9.80 Å². The van der Waals surface area contributed by atoms with Crippen molar-refractivity contribution in [3.05, 3.63) is 67.8 Å². The number of fused-ring (bicyclic) bond motifs is 2. The molecular formula is C33H40BrN3O5.